The predicted molar refractivity (Wildman–Crippen MR) is 59.9 cm³/mol. The van der Waals surface area contributed by atoms with E-state index >= 15 is 0 Å². The minimum atomic E-state index is -0.755. The molecule has 0 aromatic carbocycles. The molecular formula is C9H21INO2P. The first-order chi connectivity index (χ1) is 5.65. The molecule has 0 spiro atoms. The number of rotatable bonds is 5. The van der Waals surface area contributed by atoms with Crippen LogP contribution in [0.5, 0.6) is 0 Å². The fourth-order valence-electron chi connectivity index (χ4n) is 1.08. The molecule has 0 saturated heterocycles. The second kappa shape index (κ2) is 6.21. The molecule has 0 aromatic rings. The van der Waals surface area contributed by atoms with E-state index in [-0.39, 0.29) is 28.9 Å². The van der Waals surface area contributed by atoms with Gasteiger partial charge in [-0.2, -0.15) is 0 Å². The van der Waals surface area contributed by atoms with Crippen LogP contribution in [0.4, 0.5) is 0 Å². The molecule has 0 saturated carbocycles. The summed E-state index contributed by atoms with van der Waals surface area (Å²) in [7, 11) is -0.755. The maximum Gasteiger partial charge on any atom is 0.216 e. The highest BCUT2D eigenvalue weighted by Crippen LogP contribution is 2.47. The molecule has 0 aliphatic carbocycles. The van der Waals surface area contributed by atoms with Gasteiger partial charge in [0.05, 0.1) is 6.16 Å². The highest BCUT2D eigenvalue weighted by molar-refractivity contribution is 7.73. The van der Waals surface area contributed by atoms with Gasteiger partial charge in [-0.25, -0.2) is 0 Å². The molecule has 0 heterocycles. The van der Waals surface area contributed by atoms with E-state index in [4.69, 9.17) is 0 Å². The molecule has 0 unspecified atom stereocenters. The van der Waals surface area contributed by atoms with Crippen molar-refractivity contribution in [2.75, 3.05) is 26.2 Å². The summed E-state index contributed by atoms with van der Waals surface area (Å²) >= 11 is 0. The molecule has 0 aliphatic heterocycles. The molecular weight excluding hydrogens is 312 g/mol. The zero-order valence-electron chi connectivity index (χ0n) is 9.71. The third kappa shape index (κ3) is 7.92. The van der Waals surface area contributed by atoms with Gasteiger partial charge in [0.25, 0.3) is 0 Å². The van der Waals surface area contributed by atoms with Gasteiger partial charge in [0, 0.05) is 52.4 Å². The van der Waals surface area contributed by atoms with Gasteiger partial charge >= 0.3 is 0 Å². The Bertz CT molecular complexity index is 190. The van der Waals surface area contributed by atoms with E-state index in [1.807, 2.05) is 0 Å². The van der Waals surface area contributed by atoms with Gasteiger partial charge in [-0.05, 0) is 6.42 Å². The molecule has 0 aromatic heterocycles. The van der Waals surface area contributed by atoms with Gasteiger partial charge in [-0.15, -0.1) is 0 Å². The molecule has 14 heavy (non-hydrogen) atoms. The predicted octanol–water partition coefficient (Wildman–Crippen LogP) is -0.267. The average Bonchev–Trinajstić information content (AvgIpc) is 1.82. The van der Waals surface area contributed by atoms with Crippen LogP contribution in [0.15, 0.2) is 0 Å². The summed E-state index contributed by atoms with van der Waals surface area (Å²) in [4.78, 5) is 10.4. The van der Waals surface area contributed by atoms with Gasteiger partial charge in [-0.3, -0.25) is 10.1 Å². The molecule has 5 heteroatoms. The van der Waals surface area contributed by atoms with Gasteiger partial charge in [0.15, 0.2) is 0 Å². The van der Waals surface area contributed by atoms with Gasteiger partial charge in [0.1, 0.15) is 0 Å². The highest BCUT2D eigenvalue weighted by Gasteiger charge is 2.31. The zero-order chi connectivity index (χ0) is 10.7. The molecule has 0 radical (unpaired) electrons. The first-order valence-corrected chi connectivity index (χ1v) is 7.92. The molecule has 0 atom stereocenters. The normalized spacial score (nSPS) is 12.1. The zero-order valence-corrected chi connectivity index (χ0v) is 12.8. The molecule has 86 valence electrons. The van der Waals surface area contributed by atoms with Gasteiger partial charge in [0.2, 0.25) is 5.54 Å². The Kier molecular flexibility index (Phi) is 7.53. The van der Waals surface area contributed by atoms with Crippen LogP contribution >= 0.6 is 7.26 Å². The van der Waals surface area contributed by atoms with E-state index in [1.165, 1.54) is 0 Å². The minimum absolute atomic E-state index is 0. The van der Waals surface area contributed by atoms with Gasteiger partial charge < -0.3 is 24.0 Å². The Morgan fingerprint density at radius 2 is 1.71 bits per heavy atom. The Labute approximate surface area is 105 Å². The lowest BCUT2D eigenvalue weighted by Crippen LogP contribution is -3.00. The minimum Gasteiger partial charge on any atom is -1.00 e. The topological polar surface area (TPSA) is 43.1 Å². The van der Waals surface area contributed by atoms with E-state index in [2.05, 4.69) is 20.0 Å². The number of halogens is 1. The summed E-state index contributed by atoms with van der Waals surface area (Å²) in [5.41, 5.74) is -0.741. The maximum absolute atomic E-state index is 10.6. The van der Waals surface area contributed by atoms with Crippen molar-refractivity contribution in [3.8, 4) is 0 Å². The number of nitro groups is 1. The van der Waals surface area contributed by atoms with Crippen molar-refractivity contribution in [1.29, 1.82) is 0 Å². The Morgan fingerprint density at radius 3 is 2.00 bits per heavy atom. The van der Waals surface area contributed by atoms with E-state index < -0.39 is 12.8 Å². The molecule has 0 bridgehead atoms. The fraction of sp³-hybridized carbons (Fsp3) is 1.00. The summed E-state index contributed by atoms with van der Waals surface area (Å²) < 4.78 is 0. The number of hydrogen-bond donors (Lipinski definition) is 0. The van der Waals surface area contributed by atoms with Crippen molar-refractivity contribution in [3.63, 3.8) is 0 Å². The fourth-order valence-corrected chi connectivity index (χ4v) is 2.18. The summed E-state index contributed by atoms with van der Waals surface area (Å²) in [6.45, 7) is 10.2. The SMILES string of the molecule is CC(C)(CCC[P+](C)(C)C)[N+](=O)[O-].[I-]. The standard InChI is InChI=1S/C9H21NO2P.HI/c1-9(2,10(11)12)7-6-8-13(3,4)5;/h6-8H2,1-5H3;1H/q+1;/p-1. The molecule has 0 rings (SSSR count). The number of nitrogens with zero attached hydrogens (tertiary/aromatic N) is 1. The highest BCUT2D eigenvalue weighted by atomic mass is 127. The smallest absolute Gasteiger partial charge is 0.216 e. The molecule has 0 N–H and O–H groups in total. The second-order valence-electron chi connectivity index (χ2n) is 5.19. The largest absolute Gasteiger partial charge is 1.00 e. The summed E-state index contributed by atoms with van der Waals surface area (Å²) in [6.07, 6.45) is 2.83. The van der Waals surface area contributed by atoms with Crippen LogP contribution in [0.1, 0.15) is 26.7 Å². The molecule has 0 fully saturated rings. The van der Waals surface area contributed by atoms with Crippen molar-refractivity contribution in [3.05, 3.63) is 10.1 Å². The summed E-state index contributed by atoms with van der Waals surface area (Å²) in [5.74, 6) is 0. The lowest BCUT2D eigenvalue weighted by atomic mass is 10.0. The average molecular weight is 333 g/mol. The first kappa shape index (κ1) is 17.0. The van der Waals surface area contributed by atoms with Crippen molar-refractivity contribution < 1.29 is 28.9 Å². The first-order valence-electron chi connectivity index (χ1n) is 4.60. The van der Waals surface area contributed by atoms with Crippen LogP contribution in [0.3, 0.4) is 0 Å². The van der Waals surface area contributed by atoms with E-state index in [1.54, 1.807) is 13.8 Å². The summed E-state index contributed by atoms with van der Waals surface area (Å²) in [5, 5.41) is 10.6. The van der Waals surface area contributed by atoms with Crippen LogP contribution in [0.25, 0.3) is 0 Å². The summed E-state index contributed by atoms with van der Waals surface area (Å²) in [6, 6.07) is 0. The van der Waals surface area contributed by atoms with Crippen LogP contribution in [-0.4, -0.2) is 36.6 Å². The number of hydrogen-bond acceptors (Lipinski definition) is 2. The Hall–Kier alpha value is 0.560. The van der Waals surface area contributed by atoms with E-state index in [9.17, 15) is 10.1 Å². The molecule has 3 nitrogen and oxygen atoms in total. The second-order valence-corrected chi connectivity index (χ2v) is 10.2. The quantitative estimate of drug-likeness (QED) is 0.301. The van der Waals surface area contributed by atoms with Gasteiger partial charge in [-0.1, -0.05) is 0 Å². The van der Waals surface area contributed by atoms with Crippen molar-refractivity contribution in [1.82, 2.24) is 0 Å². The third-order valence-electron chi connectivity index (χ3n) is 2.11. The van der Waals surface area contributed by atoms with E-state index in [0.29, 0.717) is 6.42 Å². The monoisotopic (exact) mass is 333 g/mol. The van der Waals surface area contributed by atoms with Crippen LogP contribution < -0.4 is 24.0 Å². The van der Waals surface area contributed by atoms with Crippen LogP contribution in [0.2, 0.25) is 0 Å². The van der Waals surface area contributed by atoms with Crippen molar-refractivity contribution in [2.24, 2.45) is 0 Å². The Morgan fingerprint density at radius 1 is 1.29 bits per heavy atom. The van der Waals surface area contributed by atoms with Crippen LogP contribution in [0, 0.1) is 10.1 Å². The van der Waals surface area contributed by atoms with Crippen LogP contribution in [-0.2, 0) is 0 Å². The lowest BCUT2D eigenvalue weighted by Gasteiger charge is -2.17. The lowest BCUT2D eigenvalue weighted by molar-refractivity contribution is -0.561. The van der Waals surface area contributed by atoms with Crippen molar-refractivity contribution in [2.45, 2.75) is 32.2 Å². The third-order valence-corrected chi connectivity index (χ3v) is 3.77. The Balaban J connectivity index is 0. The molecule has 0 aliphatic rings. The van der Waals surface area contributed by atoms with Crippen molar-refractivity contribution >= 4 is 7.26 Å². The maximum atomic E-state index is 10.6. The van der Waals surface area contributed by atoms with E-state index in [0.717, 1.165) is 12.6 Å². The molecule has 0 amide bonds.